The van der Waals surface area contributed by atoms with Crippen molar-refractivity contribution in [3.8, 4) is 0 Å². The summed E-state index contributed by atoms with van der Waals surface area (Å²) in [5, 5.41) is 2.91. The van der Waals surface area contributed by atoms with Gasteiger partial charge >= 0.3 is 0 Å². The third-order valence-corrected chi connectivity index (χ3v) is 6.44. The fourth-order valence-electron chi connectivity index (χ4n) is 3.21. The predicted octanol–water partition coefficient (Wildman–Crippen LogP) is 3.35. The summed E-state index contributed by atoms with van der Waals surface area (Å²) in [5.41, 5.74) is 3.87. The Morgan fingerprint density at radius 3 is 2.64 bits per heavy atom. The van der Waals surface area contributed by atoms with E-state index in [1.165, 1.54) is 4.31 Å². The molecule has 3 rings (SSSR count). The smallest absolute Gasteiger partial charge is 0.255 e. The van der Waals surface area contributed by atoms with Crippen LogP contribution >= 0.6 is 0 Å². The minimum atomic E-state index is -3.31. The summed E-state index contributed by atoms with van der Waals surface area (Å²) in [5.74, 6) is -0.131. The molecular weight excluding hydrogens is 336 g/mol. The van der Waals surface area contributed by atoms with Crippen LogP contribution in [0, 0.1) is 6.92 Å². The number of benzene rings is 2. The van der Waals surface area contributed by atoms with E-state index in [1.807, 2.05) is 38.1 Å². The largest absolute Gasteiger partial charge is 0.322 e. The van der Waals surface area contributed by atoms with Gasteiger partial charge in [-0.05, 0) is 62.6 Å². The van der Waals surface area contributed by atoms with Gasteiger partial charge in [0.15, 0.2) is 0 Å². The number of carbonyl (C=O) groups is 1. The third kappa shape index (κ3) is 3.26. The highest BCUT2D eigenvalue weighted by atomic mass is 32.2. The molecule has 1 N–H and O–H groups in total. The quantitative estimate of drug-likeness (QED) is 0.911. The van der Waals surface area contributed by atoms with Gasteiger partial charge in [0.05, 0.1) is 11.4 Å². The van der Waals surface area contributed by atoms with Gasteiger partial charge in [-0.15, -0.1) is 0 Å². The Labute approximate surface area is 148 Å². The zero-order chi connectivity index (χ0) is 18.2. The van der Waals surface area contributed by atoms with Crippen LogP contribution in [-0.4, -0.2) is 26.1 Å². The molecule has 0 fully saturated rings. The summed E-state index contributed by atoms with van der Waals surface area (Å²) >= 11 is 0. The molecule has 1 aliphatic rings. The summed E-state index contributed by atoms with van der Waals surface area (Å²) in [6, 6.07) is 12.7. The number of nitrogens with one attached hydrogen (secondary N) is 1. The average Bonchev–Trinajstić information content (AvgIpc) is 2.92. The van der Waals surface area contributed by atoms with Gasteiger partial charge in [-0.1, -0.05) is 18.2 Å². The molecule has 25 heavy (non-hydrogen) atoms. The van der Waals surface area contributed by atoms with E-state index in [1.54, 1.807) is 25.1 Å². The Bertz CT molecular complexity index is 922. The second kappa shape index (κ2) is 6.52. The molecule has 132 valence electrons. The fraction of sp³-hybridized carbons (Fsp3) is 0.316. The fourth-order valence-corrected chi connectivity index (χ4v) is 4.59. The molecular formula is C19H22N2O3S. The molecule has 0 radical (unpaired) electrons. The van der Waals surface area contributed by atoms with Crippen LogP contribution in [0.25, 0.3) is 0 Å². The van der Waals surface area contributed by atoms with Crippen LogP contribution in [0.15, 0.2) is 42.5 Å². The number of hydrogen-bond donors (Lipinski definition) is 1. The first-order valence-corrected chi connectivity index (χ1v) is 9.96. The molecule has 0 bridgehead atoms. The van der Waals surface area contributed by atoms with Crippen LogP contribution in [-0.2, 0) is 16.4 Å². The van der Waals surface area contributed by atoms with Gasteiger partial charge in [0.1, 0.15) is 0 Å². The molecule has 5 nitrogen and oxygen atoms in total. The monoisotopic (exact) mass is 358 g/mol. The molecule has 0 aromatic heterocycles. The normalized spacial score (nSPS) is 16.6. The van der Waals surface area contributed by atoms with E-state index in [9.17, 15) is 13.2 Å². The van der Waals surface area contributed by atoms with Crippen LogP contribution in [0.4, 0.5) is 11.4 Å². The van der Waals surface area contributed by atoms with Crippen LogP contribution < -0.4 is 9.62 Å². The van der Waals surface area contributed by atoms with Crippen LogP contribution in [0.2, 0.25) is 0 Å². The highest BCUT2D eigenvalue weighted by Crippen LogP contribution is 2.35. The van der Waals surface area contributed by atoms with Crippen molar-refractivity contribution in [2.24, 2.45) is 0 Å². The molecule has 0 saturated carbocycles. The Balaban J connectivity index is 1.89. The molecule has 1 aliphatic heterocycles. The number of amides is 1. The Morgan fingerprint density at radius 2 is 1.96 bits per heavy atom. The van der Waals surface area contributed by atoms with Crippen LogP contribution in [0.3, 0.4) is 0 Å². The van der Waals surface area contributed by atoms with Crippen molar-refractivity contribution < 1.29 is 13.2 Å². The maximum atomic E-state index is 12.5. The zero-order valence-corrected chi connectivity index (χ0v) is 15.4. The molecule has 0 unspecified atom stereocenters. The van der Waals surface area contributed by atoms with E-state index in [0.717, 1.165) is 16.8 Å². The highest BCUT2D eigenvalue weighted by Gasteiger charge is 2.34. The number of rotatable bonds is 4. The second-order valence-electron chi connectivity index (χ2n) is 6.36. The molecule has 1 amide bonds. The van der Waals surface area contributed by atoms with E-state index in [-0.39, 0.29) is 17.7 Å². The Kier molecular flexibility index (Phi) is 4.56. The molecule has 6 heteroatoms. The van der Waals surface area contributed by atoms with Crippen molar-refractivity contribution >= 4 is 27.3 Å². The predicted molar refractivity (Wildman–Crippen MR) is 101 cm³/mol. The summed E-state index contributed by atoms with van der Waals surface area (Å²) in [7, 11) is -3.31. The van der Waals surface area contributed by atoms with Crippen LogP contribution in [0.5, 0.6) is 0 Å². The van der Waals surface area contributed by atoms with Crippen molar-refractivity contribution in [1.82, 2.24) is 0 Å². The number of carbonyl (C=O) groups excluding carboxylic acids is 1. The van der Waals surface area contributed by atoms with Gasteiger partial charge < -0.3 is 5.32 Å². The molecule has 2 aromatic carbocycles. The number of nitrogens with zero attached hydrogens (tertiary/aromatic N) is 1. The molecule has 1 atom stereocenters. The van der Waals surface area contributed by atoms with Crippen molar-refractivity contribution in [1.29, 1.82) is 0 Å². The number of anilines is 2. The van der Waals surface area contributed by atoms with Gasteiger partial charge in [-0.25, -0.2) is 8.42 Å². The number of para-hydroxylation sites is 1. The summed E-state index contributed by atoms with van der Waals surface area (Å²) in [6.07, 6.45) is 0.611. The van der Waals surface area contributed by atoms with Crippen LogP contribution in [0.1, 0.15) is 35.3 Å². The molecule has 1 heterocycles. The SMILES string of the molecule is CCS(=O)(=O)N1c2ccc(C(=O)Nc3ccccc3C)cc2C[C@H]1C. The maximum Gasteiger partial charge on any atom is 0.255 e. The van der Waals surface area contributed by atoms with E-state index >= 15 is 0 Å². The van der Waals surface area contributed by atoms with Gasteiger partial charge in [0.2, 0.25) is 10.0 Å². The van der Waals surface area contributed by atoms with E-state index < -0.39 is 10.0 Å². The minimum Gasteiger partial charge on any atom is -0.322 e. The first-order valence-electron chi connectivity index (χ1n) is 8.35. The standard InChI is InChI=1S/C19H22N2O3S/c1-4-25(23,24)21-14(3)11-16-12-15(9-10-18(16)21)19(22)20-17-8-6-5-7-13(17)2/h5-10,12,14H,4,11H2,1-3H3,(H,20,22)/t14-/m1/s1. The molecule has 0 saturated heterocycles. The lowest BCUT2D eigenvalue weighted by molar-refractivity contribution is 0.102. The Morgan fingerprint density at radius 1 is 1.24 bits per heavy atom. The lowest BCUT2D eigenvalue weighted by Gasteiger charge is -2.23. The maximum absolute atomic E-state index is 12.5. The van der Waals surface area contributed by atoms with Gasteiger partial charge in [-0.2, -0.15) is 0 Å². The number of aryl methyl sites for hydroxylation is 1. The summed E-state index contributed by atoms with van der Waals surface area (Å²) in [6.45, 7) is 5.47. The van der Waals surface area contributed by atoms with Gasteiger partial charge in [0.25, 0.3) is 5.91 Å². The number of sulfonamides is 1. The lowest BCUT2D eigenvalue weighted by atomic mass is 10.1. The van der Waals surface area contributed by atoms with Gasteiger partial charge in [-0.3, -0.25) is 9.10 Å². The van der Waals surface area contributed by atoms with Gasteiger partial charge in [0, 0.05) is 17.3 Å². The topological polar surface area (TPSA) is 66.5 Å². The minimum absolute atomic E-state index is 0.0618. The average molecular weight is 358 g/mol. The second-order valence-corrected chi connectivity index (χ2v) is 8.50. The first-order chi connectivity index (χ1) is 11.8. The first kappa shape index (κ1) is 17.5. The highest BCUT2D eigenvalue weighted by molar-refractivity contribution is 7.92. The van der Waals surface area contributed by atoms with Crippen molar-refractivity contribution in [3.05, 3.63) is 59.2 Å². The lowest BCUT2D eigenvalue weighted by Crippen LogP contribution is -2.36. The zero-order valence-electron chi connectivity index (χ0n) is 14.6. The Hall–Kier alpha value is -2.34. The van der Waals surface area contributed by atoms with E-state index in [4.69, 9.17) is 0 Å². The molecule has 0 aliphatic carbocycles. The summed E-state index contributed by atoms with van der Waals surface area (Å²) < 4.78 is 26.1. The number of hydrogen-bond acceptors (Lipinski definition) is 3. The molecule has 0 spiro atoms. The van der Waals surface area contributed by atoms with E-state index in [2.05, 4.69) is 5.32 Å². The van der Waals surface area contributed by atoms with E-state index in [0.29, 0.717) is 17.7 Å². The van der Waals surface area contributed by atoms with Crippen molar-refractivity contribution in [3.63, 3.8) is 0 Å². The number of fused-ring (bicyclic) bond motifs is 1. The third-order valence-electron chi connectivity index (χ3n) is 4.55. The van der Waals surface area contributed by atoms with Crippen molar-refractivity contribution in [2.75, 3.05) is 15.4 Å². The molecule has 2 aromatic rings. The van der Waals surface area contributed by atoms with Crippen molar-refractivity contribution in [2.45, 2.75) is 33.2 Å². The summed E-state index contributed by atoms with van der Waals surface area (Å²) in [4.78, 5) is 12.5.